The Morgan fingerprint density at radius 1 is 1.22 bits per heavy atom. The third kappa shape index (κ3) is 4.89. The lowest BCUT2D eigenvalue weighted by Gasteiger charge is -2.31. The van der Waals surface area contributed by atoms with Crippen molar-refractivity contribution in [2.24, 2.45) is 0 Å². The number of alkyl halides is 3. The molecule has 0 radical (unpaired) electrons. The summed E-state index contributed by atoms with van der Waals surface area (Å²) in [5, 5.41) is 9.22. The SMILES string of the molecule is N#Cc1c(N)oc2c(F)ccc(-c3c(Cl)c4c5c(nc(OC[C@@]67CCCN6C[C@H](F)C7)nc5c3F)N(CC(F)F)C(c3cnco3)CO4)c12. The minimum absolute atomic E-state index is 0.0391. The van der Waals surface area contributed by atoms with Crippen LogP contribution in [0.1, 0.15) is 36.6 Å². The summed E-state index contributed by atoms with van der Waals surface area (Å²) in [4.78, 5) is 16.0. The van der Waals surface area contributed by atoms with E-state index >= 15 is 4.39 Å². The number of nitrogens with two attached hydrogens (primary N) is 1. The van der Waals surface area contributed by atoms with Gasteiger partial charge in [-0.1, -0.05) is 17.7 Å². The summed E-state index contributed by atoms with van der Waals surface area (Å²) in [6.07, 6.45) is 0.206. The summed E-state index contributed by atoms with van der Waals surface area (Å²) in [6.45, 7) is -0.323. The highest BCUT2D eigenvalue weighted by atomic mass is 35.5. The van der Waals surface area contributed by atoms with Crippen LogP contribution in [0.4, 0.5) is 33.7 Å². The zero-order valence-electron chi connectivity index (χ0n) is 25.4. The molecule has 2 N–H and O–H groups in total. The van der Waals surface area contributed by atoms with Crippen molar-refractivity contribution in [2.45, 2.75) is 43.4 Å². The van der Waals surface area contributed by atoms with E-state index in [1.54, 1.807) is 0 Å². The average Bonchev–Trinajstić information content (AvgIpc) is 3.84. The molecule has 254 valence electrons. The Hall–Kier alpha value is -4.88. The zero-order chi connectivity index (χ0) is 34.2. The summed E-state index contributed by atoms with van der Waals surface area (Å²) in [5.74, 6) is -2.53. The van der Waals surface area contributed by atoms with Crippen molar-refractivity contribution in [1.29, 1.82) is 5.26 Å². The van der Waals surface area contributed by atoms with E-state index in [-0.39, 0.29) is 82.0 Å². The molecule has 3 aromatic heterocycles. The van der Waals surface area contributed by atoms with Crippen LogP contribution in [0.15, 0.2) is 33.6 Å². The first-order chi connectivity index (χ1) is 23.6. The molecule has 3 atom stereocenters. The van der Waals surface area contributed by atoms with Crippen molar-refractivity contribution in [2.75, 3.05) is 43.5 Å². The Morgan fingerprint density at radius 3 is 2.82 bits per heavy atom. The highest BCUT2D eigenvalue weighted by molar-refractivity contribution is 6.37. The van der Waals surface area contributed by atoms with Crippen LogP contribution >= 0.6 is 11.6 Å². The highest BCUT2D eigenvalue weighted by Gasteiger charge is 2.49. The van der Waals surface area contributed by atoms with Crippen molar-refractivity contribution in [3.63, 3.8) is 0 Å². The van der Waals surface area contributed by atoms with Crippen molar-refractivity contribution in [1.82, 2.24) is 19.9 Å². The molecule has 2 saturated heterocycles. The maximum atomic E-state index is 17.1. The first kappa shape index (κ1) is 31.4. The van der Waals surface area contributed by atoms with Gasteiger partial charge in [-0.25, -0.2) is 26.9 Å². The fourth-order valence-corrected chi connectivity index (χ4v) is 7.76. The molecule has 0 saturated carbocycles. The Morgan fingerprint density at radius 2 is 2.06 bits per heavy atom. The number of oxazole rings is 1. The number of nitrogen functional groups attached to an aromatic ring is 1. The van der Waals surface area contributed by atoms with Gasteiger partial charge in [0.2, 0.25) is 5.88 Å². The molecule has 1 unspecified atom stereocenters. The average molecular weight is 702 g/mol. The molecule has 0 bridgehead atoms. The lowest BCUT2D eigenvalue weighted by Crippen LogP contribution is -2.43. The summed E-state index contributed by atoms with van der Waals surface area (Å²) >= 11 is 6.90. The highest BCUT2D eigenvalue weighted by Crippen LogP contribution is 2.51. The van der Waals surface area contributed by atoms with Crippen LogP contribution in [0.5, 0.6) is 11.8 Å². The number of furan rings is 1. The molecule has 17 heteroatoms. The first-order valence-electron chi connectivity index (χ1n) is 15.3. The van der Waals surface area contributed by atoms with Crippen LogP contribution in [-0.4, -0.2) is 70.8 Å². The van der Waals surface area contributed by atoms with Crippen LogP contribution < -0.4 is 20.1 Å². The van der Waals surface area contributed by atoms with Gasteiger partial charge in [0.15, 0.2) is 29.4 Å². The smallest absolute Gasteiger partial charge is 0.319 e. The van der Waals surface area contributed by atoms with Gasteiger partial charge in [-0.3, -0.25) is 4.90 Å². The molecule has 49 heavy (non-hydrogen) atoms. The number of aromatic nitrogens is 3. The fourth-order valence-electron chi connectivity index (χ4n) is 7.42. The van der Waals surface area contributed by atoms with E-state index in [2.05, 4.69) is 15.0 Å². The first-order valence-corrected chi connectivity index (χ1v) is 15.7. The predicted octanol–water partition coefficient (Wildman–Crippen LogP) is 6.58. The standard InChI is InChI=1S/C32H25ClF5N7O4/c33-24-22(15-2-3-17(35)27-21(15)16(7-39)29(40)49-27)25(38)26-23-28(24)46-11-18(19-8-41-13-48-19)45(10-20(36)37)30(23)43-31(42-26)47-12-32-4-1-5-44(32)9-14(34)6-32/h2-3,8,13-14,18,20H,1,4-6,9-12,40H2/t14-,18?,32+/m1/s1. The molecule has 2 fully saturated rings. The van der Waals surface area contributed by atoms with Crippen LogP contribution in [0.3, 0.4) is 0 Å². The van der Waals surface area contributed by atoms with E-state index in [1.165, 1.54) is 17.2 Å². The number of benzene rings is 2. The third-order valence-corrected chi connectivity index (χ3v) is 9.88. The summed E-state index contributed by atoms with van der Waals surface area (Å²) < 4.78 is 98.0. The second-order valence-corrected chi connectivity index (χ2v) is 12.7. The molecule has 3 aliphatic rings. The number of nitriles is 1. The van der Waals surface area contributed by atoms with Crippen LogP contribution in [-0.2, 0) is 0 Å². The number of hydrogen-bond donors (Lipinski definition) is 1. The van der Waals surface area contributed by atoms with Crippen LogP contribution in [0, 0.1) is 23.0 Å². The molecule has 3 aliphatic heterocycles. The quantitative estimate of drug-likeness (QED) is 0.184. The van der Waals surface area contributed by atoms with Crippen molar-refractivity contribution < 1.29 is 40.3 Å². The predicted molar refractivity (Wildman–Crippen MR) is 165 cm³/mol. The van der Waals surface area contributed by atoms with Gasteiger partial charge < -0.3 is 28.9 Å². The maximum absolute atomic E-state index is 17.1. The number of rotatable bonds is 7. The summed E-state index contributed by atoms with van der Waals surface area (Å²) in [7, 11) is 0. The Kier molecular flexibility index (Phi) is 7.45. The fraction of sp³-hybridized carbons (Fsp3) is 0.375. The largest absolute Gasteiger partial charge is 0.488 e. The summed E-state index contributed by atoms with van der Waals surface area (Å²) in [5.41, 5.74) is 3.73. The number of halogens is 6. The van der Waals surface area contributed by atoms with Crippen molar-refractivity contribution in [3.05, 3.63) is 52.7 Å². The van der Waals surface area contributed by atoms with E-state index in [4.69, 9.17) is 35.6 Å². The van der Waals surface area contributed by atoms with E-state index in [0.29, 0.717) is 13.0 Å². The van der Waals surface area contributed by atoms with E-state index in [0.717, 1.165) is 18.9 Å². The molecule has 0 amide bonds. The number of ether oxygens (including phenoxy) is 2. The second-order valence-electron chi connectivity index (χ2n) is 12.3. The van der Waals surface area contributed by atoms with Gasteiger partial charge in [0.05, 0.1) is 34.1 Å². The van der Waals surface area contributed by atoms with Crippen LogP contribution in [0.2, 0.25) is 5.02 Å². The van der Waals surface area contributed by atoms with Gasteiger partial charge in [0.25, 0.3) is 6.43 Å². The topological polar surface area (TPSA) is 140 Å². The molecular formula is C32H25ClF5N7O4. The van der Waals surface area contributed by atoms with E-state index in [1.807, 2.05) is 11.0 Å². The molecule has 11 nitrogen and oxygen atoms in total. The number of hydrogen-bond acceptors (Lipinski definition) is 11. The molecule has 2 aromatic carbocycles. The maximum Gasteiger partial charge on any atom is 0.319 e. The minimum Gasteiger partial charge on any atom is -0.488 e. The molecular weight excluding hydrogens is 677 g/mol. The Bertz CT molecular complexity index is 2160. The minimum atomic E-state index is -2.89. The molecule has 5 aromatic rings. The van der Waals surface area contributed by atoms with Gasteiger partial charge in [-0.15, -0.1) is 0 Å². The van der Waals surface area contributed by atoms with Gasteiger partial charge >= 0.3 is 6.01 Å². The Labute approximate surface area is 278 Å². The lowest BCUT2D eigenvalue weighted by atomic mass is 9.95. The van der Waals surface area contributed by atoms with Crippen LogP contribution in [0.25, 0.3) is 33.0 Å². The lowest BCUT2D eigenvalue weighted by molar-refractivity contribution is 0.107. The van der Waals surface area contributed by atoms with Gasteiger partial charge in [0.1, 0.15) is 54.2 Å². The molecule has 0 spiro atoms. The van der Waals surface area contributed by atoms with E-state index in [9.17, 15) is 22.8 Å². The summed E-state index contributed by atoms with van der Waals surface area (Å²) in [6, 6.07) is 2.65. The number of fused-ring (bicyclic) bond motifs is 2. The van der Waals surface area contributed by atoms with Crippen molar-refractivity contribution in [3.8, 4) is 29.0 Å². The molecule has 0 aliphatic carbocycles. The molecule has 8 rings (SSSR count). The van der Waals surface area contributed by atoms with E-state index < -0.39 is 59.3 Å². The second kappa shape index (κ2) is 11.6. The van der Waals surface area contributed by atoms with Gasteiger partial charge in [-0.05, 0) is 31.0 Å². The monoisotopic (exact) mass is 701 g/mol. The van der Waals surface area contributed by atoms with Gasteiger partial charge in [-0.2, -0.15) is 15.2 Å². The van der Waals surface area contributed by atoms with Gasteiger partial charge in [0, 0.05) is 18.5 Å². The number of nitrogens with zero attached hydrogens (tertiary/aromatic N) is 6. The normalized spacial score (nSPS) is 22.1. The van der Waals surface area contributed by atoms with Crippen molar-refractivity contribution >= 4 is 45.2 Å². The molecule has 6 heterocycles. The third-order valence-electron chi connectivity index (χ3n) is 9.52. The zero-order valence-corrected chi connectivity index (χ0v) is 26.1. The number of anilines is 2. The Balaban J connectivity index is 1.37.